The molecule has 0 bridgehead atoms. The molecular weight excluding hydrogens is 412 g/mol. The fraction of sp³-hybridized carbons (Fsp3) is 0.0625. The van der Waals surface area contributed by atoms with Crippen LogP contribution in [0.4, 0.5) is 28.0 Å². The van der Waals surface area contributed by atoms with Gasteiger partial charge in [-0.1, -0.05) is 11.6 Å². The number of carbonyl (C=O) groups excluding carboxylic acids is 2. The third kappa shape index (κ3) is 5.58. The first-order chi connectivity index (χ1) is 13.0. The van der Waals surface area contributed by atoms with E-state index >= 15 is 0 Å². The van der Waals surface area contributed by atoms with Crippen LogP contribution < -0.4 is 15.4 Å². The largest absolute Gasteiger partial charge is 0.573 e. The number of carbonyl (C=O) groups is 3. The number of hydrogen-bond donors (Lipinski definition) is 3. The number of carboxylic acids is 1. The lowest BCUT2D eigenvalue weighted by Crippen LogP contribution is -2.34. The van der Waals surface area contributed by atoms with Crippen molar-refractivity contribution < 1.29 is 41.8 Å². The van der Waals surface area contributed by atoms with E-state index in [9.17, 15) is 31.9 Å². The number of aromatic carboxylic acids is 1. The van der Waals surface area contributed by atoms with E-state index in [1.165, 1.54) is 0 Å². The van der Waals surface area contributed by atoms with E-state index < -0.39 is 47.1 Å². The average Bonchev–Trinajstić information content (AvgIpc) is 2.54. The van der Waals surface area contributed by atoms with E-state index in [0.29, 0.717) is 6.07 Å². The Bertz CT molecular complexity index is 949. The van der Waals surface area contributed by atoms with Crippen molar-refractivity contribution >= 4 is 35.2 Å². The van der Waals surface area contributed by atoms with Gasteiger partial charge in [-0.2, -0.15) is 0 Å². The number of benzene rings is 2. The average molecular weight is 421 g/mol. The van der Waals surface area contributed by atoms with Gasteiger partial charge in [-0.15, -0.1) is 13.2 Å². The Morgan fingerprint density at radius 1 is 1.07 bits per heavy atom. The smallest absolute Gasteiger partial charge is 0.478 e. The van der Waals surface area contributed by atoms with Crippen molar-refractivity contribution in [2.75, 3.05) is 5.32 Å². The molecule has 28 heavy (non-hydrogen) atoms. The number of hydrogen-bond acceptors (Lipinski definition) is 4. The number of imide groups is 1. The molecular formula is C16H9ClF4N2O5. The number of ether oxygens (including phenoxy) is 1. The van der Waals surface area contributed by atoms with Gasteiger partial charge in [0.25, 0.3) is 5.91 Å². The lowest BCUT2D eigenvalue weighted by molar-refractivity contribution is -0.274. The Kier molecular flexibility index (Phi) is 6.09. The molecule has 0 saturated heterocycles. The summed E-state index contributed by atoms with van der Waals surface area (Å²) in [6.45, 7) is 0. The predicted octanol–water partition coefficient (Wildman–Crippen LogP) is 4.04. The highest BCUT2D eigenvalue weighted by Crippen LogP contribution is 2.31. The fourth-order valence-electron chi connectivity index (χ4n) is 1.97. The molecule has 0 aliphatic carbocycles. The predicted molar refractivity (Wildman–Crippen MR) is 88.0 cm³/mol. The molecule has 0 unspecified atom stereocenters. The molecule has 12 heteroatoms. The summed E-state index contributed by atoms with van der Waals surface area (Å²) in [6, 6.07) is 3.79. The van der Waals surface area contributed by atoms with Crippen molar-refractivity contribution in [2.45, 2.75) is 6.36 Å². The zero-order valence-corrected chi connectivity index (χ0v) is 14.2. The molecule has 0 spiro atoms. The Morgan fingerprint density at radius 3 is 2.32 bits per heavy atom. The molecule has 3 N–H and O–H groups in total. The maximum Gasteiger partial charge on any atom is 0.573 e. The summed E-state index contributed by atoms with van der Waals surface area (Å²) < 4.78 is 54.2. The van der Waals surface area contributed by atoms with Gasteiger partial charge in [-0.25, -0.2) is 14.0 Å². The quantitative estimate of drug-likeness (QED) is 0.648. The van der Waals surface area contributed by atoms with Crippen LogP contribution in [0.25, 0.3) is 0 Å². The number of anilines is 1. The normalized spacial score (nSPS) is 10.9. The molecule has 2 rings (SSSR count). The summed E-state index contributed by atoms with van der Waals surface area (Å²) in [6.07, 6.45) is -5.17. The second-order valence-electron chi connectivity index (χ2n) is 5.10. The van der Waals surface area contributed by atoms with Gasteiger partial charge in [0.1, 0.15) is 5.82 Å². The number of amides is 3. The van der Waals surface area contributed by atoms with Crippen LogP contribution in [-0.4, -0.2) is 29.4 Å². The highest BCUT2D eigenvalue weighted by molar-refractivity contribution is 6.34. The highest BCUT2D eigenvalue weighted by atomic mass is 35.5. The molecule has 148 valence electrons. The van der Waals surface area contributed by atoms with Crippen LogP contribution in [0.15, 0.2) is 36.4 Å². The Hall–Kier alpha value is -3.34. The number of rotatable bonds is 4. The van der Waals surface area contributed by atoms with Crippen LogP contribution in [0.2, 0.25) is 5.02 Å². The molecule has 0 radical (unpaired) electrons. The van der Waals surface area contributed by atoms with Crippen molar-refractivity contribution in [2.24, 2.45) is 0 Å². The van der Waals surface area contributed by atoms with Crippen molar-refractivity contribution in [1.29, 1.82) is 0 Å². The number of nitrogens with one attached hydrogen (secondary N) is 2. The molecule has 0 heterocycles. The van der Waals surface area contributed by atoms with Crippen LogP contribution in [-0.2, 0) is 0 Å². The van der Waals surface area contributed by atoms with Gasteiger partial charge in [0.05, 0.1) is 21.8 Å². The number of alkyl halides is 3. The van der Waals surface area contributed by atoms with Crippen molar-refractivity contribution in [1.82, 2.24) is 5.32 Å². The lowest BCUT2D eigenvalue weighted by Gasteiger charge is -2.15. The highest BCUT2D eigenvalue weighted by Gasteiger charge is 2.33. The lowest BCUT2D eigenvalue weighted by atomic mass is 10.2. The monoisotopic (exact) mass is 420 g/mol. The first-order valence-corrected chi connectivity index (χ1v) is 7.54. The number of halogens is 5. The van der Waals surface area contributed by atoms with Gasteiger partial charge < -0.3 is 15.2 Å². The van der Waals surface area contributed by atoms with Crippen molar-refractivity contribution in [3.8, 4) is 5.75 Å². The summed E-state index contributed by atoms with van der Waals surface area (Å²) in [7, 11) is 0. The van der Waals surface area contributed by atoms with E-state index in [0.717, 1.165) is 30.3 Å². The molecule has 0 aliphatic rings. The fourth-order valence-corrected chi connectivity index (χ4v) is 2.22. The van der Waals surface area contributed by atoms with E-state index in [2.05, 4.69) is 4.74 Å². The van der Waals surface area contributed by atoms with Gasteiger partial charge in [0, 0.05) is 0 Å². The molecule has 0 atom stereocenters. The van der Waals surface area contributed by atoms with E-state index in [1.54, 1.807) is 5.32 Å². The molecule has 0 aromatic heterocycles. The third-order valence-corrected chi connectivity index (χ3v) is 3.42. The zero-order chi connectivity index (χ0) is 21.1. The van der Waals surface area contributed by atoms with Crippen LogP contribution >= 0.6 is 11.6 Å². The second-order valence-corrected chi connectivity index (χ2v) is 5.50. The number of urea groups is 1. The minimum atomic E-state index is -5.17. The summed E-state index contributed by atoms with van der Waals surface area (Å²) in [5.41, 5.74) is -1.34. The summed E-state index contributed by atoms with van der Waals surface area (Å²) in [5, 5.41) is 12.3. The van der Waals surface area contributed by atoms with E-state index in [4.69, 9.17) is 16.7 Å². The topological polar surface area (TPSA) is 105 Å². The molecule has 2 aromatic carbocycles. The SMILES string of the molecule is O=C(NC(=O)c1ccc(F)cc1Cl)Nc1ccc(C(=O)O)cc1OC(F)(F)F. The molecule has 3 amide bonds. The minimum Gasteiger partial charge on any atom is -0.478 e. The van der Waals surface area contributed by atoms with Gasteiger partial charge in [0.15, 0.2) is 5.75 Å². The maximum atomic E-state index is 13.0. The molecule has 7 nitrogen and oxygen atoms in total. The minimum absolute atomic E-state index is 0.258. The third-order valence-electron chi connectivity index (χ3n) is 3.11. The molecule has 0 aliphatic heterocycles. The van der Waals surface area contributed by atoms with Crippen LogP contribution in [0, 0.1) is 5.82 Å². The van der Waals surface area contributed by atoms with E-state index in [1.807, 2.05) is 5.32 Å². The molecule has 0 saturated carbocycles. The van der Waals surface area contributed by atoms with Gasteiger partial charge in [-0.05, 0) is 36.4 Å². The first kappa shape index (κ1) is 21.0. The standard InChI is InChI=1S/C16H9ClF4N2O5/c17-10-6-8(18)2-3-9(10)13(24)23-15(27)22-11-4-1-7(14(25)26)5-12(11)28-16(19,20)21/h1-6H,(H,25,26)(H2,22,23,24,27). The summed E-state index contributed by atoms with van der Waals surface area (Å²) >= 11 is 5.68. The van der Waals surface area contributed by atoms with Gasteiger partial charge in [0.2, 0.25) is 0 Å². The van der Waals surface area contributed by atoms with Crippen LogP contribution in [0.1, 0.15) is 20.7 Å². The van der Waals surface area contributed by atoms with E-state index in [-0.39, 0.29) is 10.6 Å². The Morgan fingerprint density at radius 2 is 1.75 bits per heavy atom. The summed E-state index contributed by atoms with van der Waals surface area (Å²) in [5.74, 6) is -4.31. The van der Waals surface area contributed by atoms with Crippen molar-refractivity contribution in [3.63, 3.8) is 0 Å². The Labute approximate surface area is 158 Å². The van der Waals surface area contributed by atoms with Crippen LogP contribution in [0.5, 0.6) is 5.75 Å². The second kappa shape index (κ2) is 8.13. The number of carboxylic acid groups (broad SMARTS) is 1. The molecule has 2 aromatic rings. The van der Waals surface area contributed by atoms with Crippen LogP contribution in [0.3, 0.4) is 0 Å². The Balaban J connectivity index is 2.20. The van der Waals surface area contributed by atoms with Gasteiger partial charge in [-0.3, -0.25) is 10.1 Å². The maximum absolute atomic E-state index is 13.0. The first-order valence-electron chi connectivity index (χ1n) is 7.17. The summed E-state index contributed by atoms with van der Waals surface area (Å²) in [4.78, 5) is 34.8. The van der Waals surface area contributed by atoms with Gasteiger partial charge >= 0.3 is 18.4 Å². The zero-order valence-electron chi connectivity index (χ0n) is 13.4. The van der Waals surface area contributed by atoms with Crippen molar-refractivity contribution in [3.05, 3.63) is 58.4 Å². The molecule has 0 fully saturated rings.